The highest BCUT2D eigenvalue weighted by molar-refractivity contribution is 7.89. The molecular formula is C17H18N3O5S-. The van der Waals surface area contributed by atoms with Gasteiger partial charge in [0.25, 0.3) is 5.56 Å². The Balaban J connectivity index is 1.68. The lowest BCUT2D eigenvalue weighted by molar-refractivity contribution is 0.186. The molecular weight excluding hydrogens is 358 g/mol. The molecule has 2 bridgehead atoms. The summed E-state index contributed by atoms with van der Waals surface area (Å²) in [5, 5.41) is 19.7. The van der Waals surface area contributed by atoms with Crippen LogP contribution in [-0.4, -0.2) is 35.6 Å². The fourth-order valence-electron chi connectivity index (χ4n) is 3.96. The number of nitrogens with zero attached hydrogens (tertiary/aromatic N) is 3. The van der Waals surface area contributed by atoms with Crippen LogP contribution in [0.4, 0.5) is 5.69 Å². The maximum Gasteiger partial charge on any atom is 0.250 e. The third-order valence-electron chi connectivity index (χ3n) is 5.12. The zero-order valence-electron chi connectivity index (χ0n) is 13.9. The Kier molecular flexibility index (Phi) is 4.11. The Bertz CT molecular complexity index is 1000. The Morgan fingerprint density at radius 1 is 1.12 bits per heavy atom. The van der Waals surface area contributed by atoms with Crippen molar-refractivity contribution >= 4 is 15.7 Å². The second-order valence-electron chi connectivity index (χ2n) is 6.79. The van der Waals surface area contributed by atoms with Gasteiger partial charge in [-0.15, -0.1) is 0 Å². The number of fused-ring (bicyclic) bond motifs is 4. The molecule has 3 heterocycles. The molecule has 0 amide bonds. The Labute approximate surface area is 150 Å². The van der Waals surface area contributed by atoms with Crippen LogP contribution < -0.4 is 10.8 Å². The fourth-order valence-corrected chi connectivity index (χ4v) is 5.56. The number of hydrogen-bond donors (Lipinski definition) is 1. The number of benzene rings is 1. The number of piperidine rings is 1. The third-order valence-corrected chi connectivity index (χ3v) is 6.95. The summed E-state index contributed by atoms with van der Waals surface area (Å²) < 4.78 is 29.2. The van der Waals surface area contributed by atoms with Crippen LogP contribution in [0.25, 0.3) is 0 Å². The quantitative estimate of drug-likeness (QED) is 0.811. The van der Waals surface area contributed by atoms with Crippen molar-refractivity contribution < 1.29 is 13.6 Å². The van der Waals surface area contributed by atoms with Crippen molar-refractivity contribution in [3.8, 4) is 0 Å². The molecule has 8 nitrogen and oxygen atoms in total. The molecule has 1 aromatic carbocycles. The van der Waals surface area contributed by atoms with Crippen molar-refractivity contribution in [1.82, 2.24) is 8.87 Å². The molecule has 138 valence electrons. The van der Waals surface area contributed by atoms with Crippen molar-refractivity contribution in [3.63, 3.8) is 0 Å². The first kappa shape index (κ1) is 17.2. The molecule has 2 unspecified atom stereocenters. The monoisotopic (exact) mass is 376 g/mol. The zero-order chi connectivity index (χ0) is 18.5. The fraction of sp³-hybridized carbons (Fsp3) is 0.353. The minimum absolute atomic E-state index is 0.0321. The molecule has 0 saturated carbocycles. The van der Waals surface area contributed by atoms with Gasteiger partial charge in [-0.25, -0.2) is 8.42 Å². The zero-order valence-corrected chi connectivity index (χ0v) is 14.7. The number of sulfonamides is 1. The summed E-state index contributed by atoms with van der Waals surface area (Å²) in [4.78, 5) is 12.0. The highest BCUT2D eigenvalue weighted by atomic mass is 32.2. The van der Waals surface area contributed by atoms with Crippen molar-refractivity contribution in [1.29, 1.82) is 0 Å². The van der Waals surface area contributed by atoms with Gasteiger partial charge >= 0.3 is 0 Å². The highest BCUT2D eigenvalue weighted by Gasteiger charge is 2.39. The molecule has 1 aromatic heterocycles. The molecule has 0 spiro atoms. The summed E-state index contributed by atoms with van der Waals surface area (Å²) in [5.41, 5.74) is 0.670. The summed E-state index contributed by atoms with van der Waals surface area (Å²) >= 11 is 0. The number of aromatic nitrogens is 1. The number of rotatable bonds is 3. The molecule has 1 N–H and O–H groups in total. The summed E-state index contributed by atoms with van der Waals surface area (Å²) in [5.74, 6) is 0.0244. The number of anilines is 1. The van der Waals surface area contributed by atoms with Gasteiger partial charge in [0, 0.05) is 37.3 Å². The average molecular weight is 376 g/mol. The van der Waals surface area contributed by atoms with Gasteiger partial charge < -0.3 is 15.0 Å². The molecule has 9 heteroatoms. The minimum Gasteiger partial charge on any atom is -0.733 e. The Morgan fingerprint density at radius 2 is 1.88 bits per heavy atom. The van der Waals surface area contributed by atoms with Gasteiger partial charge in [-0.05, 0) is 36.6 Å². The lowest BCUT2D eigenvalue weighted by Gasteiger charge is -2.42. The van der Waals surface area contributed by atoms with E-state index in [-0.39, 0.29) is 39.7 Å². The third kappa shape index (κ3) is 2.82. The second kappa shape index (κ2) is 6.20. The van der Waals surface area contributed by atoms with Gasteiger partial charge in [-0.1, -0.05) is 12.1 Å². The van der Waals surface area contributed by atoms with Crippen molar-refractivity contribution in [2.45, 2.75) is 23.8 Å². The summed E-state index contributed by atoms with van der Waals surface area (Å²) in [7, 11) is -3.80. The van der Waals surface area contributed by atoms with Crippen LogP contribution in [0.2, 0.25) is 0 Å². The van der Waals surface area contributed by atoms with Gasteiger partial charge in [0.2, 0.25) is 10.0 Å². The molecule has 1 saturated heterocycles. The van der Waals surface area contributed by atoms with Crippen LogP contribution in [0.15, 0.2) is 52.2 Å². The van der Waals surface area contributed by atoms with Crippen LogP contribution in [0.1, 0.15) is 18.0 Å². The number of hydrogen-bond acceptors (Lipinski definition) is 6. The van der Waals surface area contributed by atoms with E-state index in [1.54, 1.807) is 10.6 Å². The van der Waals surface area contributed by atoms with Gasteiger partial charge in [0.1, 0.15) is 0 Å². The molecule has 26 heavy (non-hydrogen) atoms. The topological polar surface area (TPSA) is 106 Å². The van der Waals surface area contributed by atoms with E-state index in [2.05, 4.69) is 0 Å². The first-order chi connectivity index (χ1) is 12.4. The lowest BCUT2D eigenvalue weighted by Crippen LogP contribution is -2.49. The molecule has 1 fully saturated rings. The Hall–Kier alpha value is -2.20. The van der Waals surface area contributed by atoms with E-state index in [1.807, 2.05) is 6.07 Å². The first-order valence-electron chi connectivity index (χ1n) is 8.32. The predicted octanol–water partition coefficient (Wildman–Crippen LogP) is 1.35. The van der Waals surface area contributed by atoms with E-state index in [0.29, 0.717) is 13.1 Å². The van der Waals surface area contributed by atoms with E-state index < -0.39 is 10.0 Å². The van der Waals surface area contributed by atoms with E-state index in [1.165, 1.54) is 28.6 Å². The van der Waals surface area contributed by atoms with Crippen LogP contribution in [0.3, 0.4) is 0 Å². The Morgan fingerprint density at radius 3 is 2.65 bits per heavy atom. The normalized spacial score (nSPS) is 22.7. The molecule has 4 rings (SSSR count). The molecule has 2 aliphatic rings. The van der Waals surface area contributed by atoms with Gasteiger partial charge in [0.15, 0.2) is 0 Å². The summed E-state index contributed by atoms with van der Waals surface area (Å²) in [6.07, 6.45) is 0.848. The van der Waals surface area contributed by atoms with Gasteiger partial charge in [-0.2, -0.15) is 4.31 Å². The van der Waals surface area contributed by atoms with Crippen molar-refractivity contribution in [2.24, 2.45) is 5.92 Å². The molecule has 0 radical (unpaired) electrons. The molecule has 2 atom stereocenters. The maximum atomic E-state index is 13.0. The molecule has 0 aliphatic carbocycles. The van der Waals surface area contributed by atoms with Crippen LogP contribution in [0, 0.1) is 11.1 Å². The van der Waals surface area contributed by atoms with Gasteiger partial charge in [0.05, 0.1) is 10.6 Å². The minimum atomic E-state index is -3.80. The van der Waals surface area contributed by atoms with Crippen molar-refractivity contribution in [2.75, 3.05) is 18.3 Å². The van der Waals surface area contributed by atoms with E-state index in [9.17, 15) is 18.4 Å². The van der Waals surface area contributed by atoms with Crippen LogP contribution in [0.5, 0.6) is 0 Å². The average Bonchev–Trinajstić information content (AvgIpc) is 2.62. The molecule has 2 aromatic rings. The highest BCUT2D eigenvalue weighted by Crippen LogP contribution is 2.37. The predicted molar refractivity (Wildman–Crippen MR) is 94.4 cm³/mol. The maximum absolute atomic E-state index is 13.0. The SMILES string of the molecule is O=c1cccc2n1CC1CC2CN(S(=O)(=O)c2cccc(N([O-])O)c2)C1. The van der Waals surface area contributed by atoms with E-state index >= 15 is 0 Å². The van der Waals surface area contributed by atoms with Crippen molar-refractivity contribution in [3.05, 3.63) is 63.7 Å². The van der Waals surface area contributed by atoms with Crippen LogP contribution >= 0.6 is 0 Å². The summed E-state index contributed by atoms with van der Waals surface area (Å²) in [6.45, 7) is 1.11. The van der Waals surface area contributed by atoms with E-state index in [4.69, 9.17) is 5.21 Å². The smallest absolute Gasteiger partial charge is 0.250 e. The molecule has 2 aliphatic heterocycles. The first-order valence-corrected chi connectivity index (χ1v) is 9.76. The van der Waals surface area contributed by atoms with Gasteiger partial charge in [-0.3, -0.25) is 10.0 Å². The largest absolute Gasteiger partial charge is 0.733 e. The summed E-state index contributed by atoms with van der Waals surface area (Å²) in [6, 6.07) is 10.4. The number of pyridine rings is 1. The lowest BCUT2D eigenvalue weighted by atomic mass is 9.84. The van der Waals surface area contributed by atoms with E-state index in [0.717, 1.165) is 18.2 Å². The van der Waals surface area contributed by atoms with Crippen LogP contribution in [-0.2, 0) is 16.6 Å². The standard InChI is InChI=1S/C17H18N3O5S/c21-17-6-2-5-16-13-7-12(10-19(16)17)9-18(11-13)26(24,25)15-4-1-3-14(8-15)20(22)23/h1-6,8,12-13,22H,7,9-11H2/q-1. The second-order valence-corrected chi connectivity index (χ2v) is 8.73.